The number of rotatable bonds is 2. The maximum absolute atomic E-state index is 12.6. The van der Waals surface area contributed by atoms with E-state index in [0.717, 1.165) is 12.2 Å². The molecule has 2 heterocycles. The summed E-state index contributed by atoms with van der Waals surface area (Å²) in [5.41, 5.74) is 0.538. The third kappa shape index (κ3) is 3.61. The number of hydrogen-bond donors (Lipinski definition) is 1. The molecule has 0 spiro atoms. The molecule has 2 amide bonds. The number of hydrogen-bond acceptors (Lipinski definition) is 3. The average Bonchev–Trinajstić information content (AvgIpc) is 2.85. The summed E-state index contributed by atoms with van der Waals surface area (Å²) in [6.45, 7) is 10.5. The van der Waals surface area contributed by atoms with Gasteiger partial charge in [0.25, 0.3) is 0 Å². The third-order valence-electron chi connectivity index (χ3n) is 3.73. The molecule has 0 unspecified atom stereocenters. The normalized spacial score (nSPS) is 19.3. The fourth-order valence-corrected chi connectivity index (χ4v) is 2.67. The molecule has 0 saturated heterocycles. The second-order valence-electron chi connectivity index (χ2n) is 6.70. The second-order valence-corrected chi connectivity index (χ2v) is 6.70. The number of nitrogens with one attached hydrogen (secondary N) is 1. The summed E-state index contributed by atoms with van der Waals surface area (Å²) in [4.78, 5) is 26.2. The molecular formula is C16H25N3O3. The fraction of sp³-hybridized carbons (Fsp3) is 0.625. The van der Waals surface area contributed by atoms with Crippen LogP contribution in [0.3, 0.4) is 0 Å². The molecule has 1 aliphatic heterocycles. The van der Waals surface area contributed by atoms with Crippen LogP contribution in [-0.4, -0.2) is 39.7 Å². The van der Waals surface area contributed by atoms with Crippen LogP contribution in [-0.2, 0) is 16.1 Å². The van der Waals surface area contributed by atoms with Crippen LogP contribution in [0.5, 0.6) is 0 Å². The molecule has 2 rings (SSSR count). The van der Waals surface area contributed by atoms with Gasteiger partial charge in [0.2, 0.25) is 5.91 Å². The van der Waals surface area contributed by atoms with Gasteiger partial charge in [-0.15, -0.1) is 0 Å². The summed E-state index contributed by atoms with van der Waals surface area (Å²) in [6, 6.07) is 3.40. The minimum absolute atomic E-state index is 0.000800. The van der Waals surface area contributed by atoms with Crippen molar-refractivity contribution in [3.05, 3.63) is 24.0 Å². The lowest BCUT2D eigenvalue weighted by Gasteiger charge is -2.36. The van der Waals surface area contributed by atoms with Crippen LogP contribution in [0.1, 0.15) is 46.4 Å². The Kier molecular flexibility index (Phi) is 4.49. The zero-order valence-corrected chi connectivity index (χ0v) is 13.9. The van der Waals surface area contributed by atoms with E-state index in [1.54, 1.807) is 32.6 Å². The molecular weight excluding hydrogens is 282 g/mol. The van der Waals surface area contributed by atoms with Crippen molar-refractivity contribution in [3.8, 4) is 0 Å². The zero-order chi connectivity index (χ0) is 16.5. The maximum atomic E-state index is 12.6. The maximum Gasteiger partial charge on any atom is 0.408 e. The van der Waals surface area contributed by atoms with E-state index in [4.69, 9.17) is 4.74 Å². The molecule has 22 heavy (non-hydrogen) atoms. The first-order valence-corrected chi connectivity index (χ1v) is 7.64. The molecule has 6 heteroatoms. The highest BCUT2D eigenvalue weighted by Gasteiger charge is 2.31. The van der Waals surface area contributed by atoms with E-state index in [2.05, 4.69) is 9.88 Å². The Hall–Kier alpha value is -1.98. The SMILES string of the molecule is C[C@@H]1c2cccn2CCN1C(=O)[C@@H](C)NC(=O)OC(C)(C)C. The summed E-state index contributed by atoms with van der Waals surface area (Å²) in [5.74, 6) is -0.0918. The van der Waals surface area contributed by atoms with Gasteiger partial charge in [-0.05, 0) is 46.8 Å². The quantitative estimate of drug-likeness (QED) is 0.912. The van der Waals surface area contributed by atoms with Crippen LogP contribution in [0.4, 0.5) is 4.79 Å². The van der Waals surface area contributed by atoms with E-state index in [9.17, 15) is 9.59 Å². The van der Waals surface area contributed by atoms with E-state index in [1.165, 1.54) is 0 Å². The Labute approximate surface area is 131 Å². The minimum Gasteiger partial charge on any atom is -0.444 e. The first kappa shape index (κ1) is 16.4. The second kappa shape index (κ2) is 6.02. The van der Waals surface area contributed by atoms with E-state index in [0.29, 0.717) is 6.54 Å². The van der Waals surface area contributed by atoms with Gasteiger partial charge in [0, 0.05) is 25.0 Å². The van der Waals surface area contributed by atoms with Crippen LogP contribution < -0.4 is 5.32 Å². The van der Waals surface area contributed by atoms with Crippen molar-refractivity contribution in [1.82, 2.24) is 14.8 Å². The Bertz CT molecular complexity index is 559. The summed E-state index contributed by atoms with van der Waals surface area (Å²) in [7, 11) is 0. The van der Waals surface area contributed by atoms with Gasteiger partial charge in [-0.2, -0.15) is 0 Å². The average molecular weight is 307 g/mol. The molecule has 0 bridgehead atoms. The number of carbonyl (C=O) groups excluding carboxylic acids is 2. The predicted octanol–water partition coefficient (Wildman–Crippen LogP) is 2.30. The topological polar surface area (TPSA) is 63.6 Å². The van der Waals surface area contributed by atoms with Gasteiger partial charge in [0.05, 0.1) is 6.04 Å². The van der Waals surface area contributed by atoms with Gasteiger partial charge in [0.1, 0.15) is 11.6 Å². The molecule has 6 nitrogen and oxygen atoms in total. The number of ether oxygens (including phenoxy) is 1. The smallest absolute Gasteiger partial charge is 0.408 e. The summed E-state index contributed by atoms with van der Waals surface area (Å²) in [6.07, 6.45) is 1.46. The molecule has 0 radical (unpaired) electrons. The van der Waals surface area contributed by atoms with E-state index < -0.39 is 17.7 Å². The molecule has 0 aromatic carbocycles. The van der Waals surface area contributed by atoms with Gasteiger partial charge < -0.3 is 19.5 Å². The number of fused-ring (bicyclic) bond motifs is 1. The Balaban J connectivity index is 1.98. The molecule has 0 fully saturated rings. The van der Waals surface area contributed by atoms with Crippen LogP contribution in [0, 0.1) is 0 Å². The summed E-state index contributed by atoms with van der Waals surface area (Å²) < 4.78 is 7.34. The number of nitrogens with zero attached hydrogens (tertiary/aromatic N) is 2. The number of alkyl carbamates (subject to hydrolysis) is 1. The summed E-state index contributed by atoms with van der Waals surface area (Å²) in [5, 5.41) is 2.61. The molecule has 1 aromatic rings. The van der Waals surface area contributed by atoms with Crippen molar-refractivity contribution in [3.63, 3.8) is 0 Å². The highest BCUT2D eigenvalue weighted by Crippen LogP contribution is 2.25. The molecule has 2 atom stereocenters. The standard InChI is InChI=1S/C16H25N3O3/c1-11(17-15(21)22-16(3,4)5)14(20)19-10-9-18-8-6-7-13(18)12(19)2/h6-8,11-12H,9-10H2,1-5H3,(H,17,21)/t11-,12-/m1/s1. The van der Waals surface area contributed by atoms with Crippen molar-refractivity contribution in [2.45, 2.75) is 58.8 Å². The molecule has 0 aliphatic carbocycles. The van der Waals surface area contributed by atoms with Gasteiger partial charge in [-0.1, -0.05) is 0 Å². The largest absolute Gasteiger partial charge is 0.444 e. The van der Waals surface area contributed by atoms with Crippen molar-refractivity contribution >= 4 is 12.0 Å². The molecule has 1 aliphatic rings. The first-order chi connectivity index (χ1) is 10.2. The van der Waals surface area contributed by atoms with Crippen LogP contribution in [0.25, 0.3) is 0 Å². The highest BCUT2D eigenvalue weighted by atomic mass is 16.6. The van der Waals surface area contributed by atoms with Gasteiger partial charge in [0.15, 0.2) is 0 Å². The van der Waals surface area contributed by atoms with Gasteiger partial charge in [-0.25, -0.2) is 4.79 Å². The van der Waals surface area contributed by atoms with Crippen molar-refractivity contribution in [2.24, 2.45) is 0 Å². The molecule has 122 valence electrons. The number of carbonyl (C=O) groups is 2. The van der Waals surface area contributed by atoms with Gasteiger partial charge in [-0.3, -0.25) is 4.79 Å². The monoisotopic (exact) mass is 307 g/mol. The Morgan fingerprint density at radius 2 is 2.05 bits per heavy atom. The zero-order valence-electron chi connectivity index (χ0n) is 13.9. The number of aromatic nitrogens is 1. The summed E-state index contributed by atoms with van der Waals surface area (Å²) >= 11 is 0. The number of amides is 2. The first-order valence-electron chi connectivity index (χ1n) is 7.64. The highest BCUT2D eigenvalue weighted by molar-refractivity contribution is 5.85. The molecule has 1 aromatic heterocycles. The van der Waals surface area contributed by atoms with E-state index >= 15 is 0 Å². The lowest BCUT2D eigenvalue weighted by molar-refractivity contribution is -0.136. The Morgan fingerprint density at radius 3 is 2.68 bits per heavy atom. The molecule has 0 saturated carbocycles. The van der Waals surface area contributed by atoms with Crippen molar-refractivity contribution < 1.29 is 14.3 Å². The van der Waals surface area contributed by atoms with Gasteiger partial charge >= 0.3 is 6.09 Å². The van der Waals surface area contributed by atoms with Crippen molar-refractivity contribution in [2.75, 3.05) is 6.54 Å². The minimum atomic E-state index is -0.612. The van der Waals surface area contributed by atoms with Crippen molar-refractivity contribution in [1.29, 1.82) is 0 Å². The third-order valence-corrected chi connectivity index (χ3v) is 3.73. The van der Waals surface area contributed by atoms with E-state index in [1.807, 2.05) is 25.3 Å². The lowest BCUT2D eigenvalue weighted by atomic mass is 10.1. The van der Waals surface area contributed by atoms with Crippen LogP contribution in [0.2, 0.25) is 0 Å². The van der Waals surface area contributed by atoms with Crippen LogP contribution in [0.15, 0.2) is 18.3 Å². The van der Waals surface area contributed by atoms with Crippen LogP contribution >= 0.6 is 0 Å². The Morgan fingerprint density at radius 1 is 1.36 bits per heavy atom. The van der Waals surface area contributed by atoms with E-state index in [-0.39, 0.29) is 11.9 Å². The predicted molar refractivity (Wildman–Crippen MR) is 83.4 cm³/mol. The lowest BCUT2D eigenvalue weighted by Crippen LogP contribution is -2.51. The fourth-order valence-electron chi connectivity index (χ4n) is 2.67. The molecule has 1 N–H and O–H groups in total.